The molecule has 0 aliphatic heterocycles. The van der Waals surface area contributed by atoms with E-state index in [9.17, 15) is 36.2 Å². The first-order valence-electron chi connectivity index (χ1n) is 11.1. The number of nitrogens with zero attached hydrogens (tertiary/aromatic N) is 5. The van der Waals surface area contributed by atoms with Crippen LogP contribution in [0.2, 0.25) is 5.02 Å². The van der Waals surface area contributed by atoms with Crippen molar-refractivity contribution in [1.82, 2.24) is 24.7 Å². The Kier molecular flexibility index (Phi) is 5.66. The second kappa shape index (κ2) is 8.64. The van der Waals surface area contributed by atoms with Crippen molar-refractivity contribution in [3.05, 3.63) is 62.7 Å². The molecule has 0 bridgehead atoms. The highest BCUT2D eigenvalue weighted by molar-refractivity contribution is 7.25. The number of fused-ring (bicyclic) bond motifs is 3. The van der Waals surface area contributed by atoms with Crippen molar-refractivity contribution in [2.75, 3.05) is 0 Å². The molecule has 1 saturated carbocycles. The molecule has 0 unspecified atom stereocenters. The van der Waals surface area contributed by atoms with Gasteiger partial charge in [-0.1, -0.05) is 22.8 Å². The van der Waals surface area contributed by atoms with E-state index >= 15 is 0 Å². The van der Waals surface area contributed by atoms with Gasteiger partial charge in [-0.25, -0.2) is 15.0 Å². The second-order valence-corrected chi connectivity index (χ2v) is 10.2. The van der Waals surface area contributed by atoms with Gasteiger partial charge in [-0.3, -0.25) is 9.36 Å². The molecule has 4 heterocycles. The van der Waals surface area contributed by atoms with Gasteiger partial charge in [0.05, 0.1) is 32.9 Å². The number of rotatable bonds is 4. The van der Waals surface area contributed by atoms with Crippen molar-refractivity contribution in [2.45, 2.75) is 37.7 Å². The predicted molar refractivity (Wildman–Crippen MR) is 127 cm³/mol. The zero-order valence-electron chi connectivity index (χ0n) is 19.1. The maximum atomic E-state index is 13.8. The van der Waals surface area contributed by atoms with Crippen LogP contribution in [0.1, 0.15) is 41.7 Å². The number of thiophene rings is 1. The molecule has 0 amide bonds. The quantitative estimate of drug-likeness (QED) is 0.243. The largest absolute Gasteiger partial charge is 0.505 e. The zero-order chi connectivity index (χ0) is 27.9. The third-order valence-electron chi connectivity index (χ3n) is 6.13. The molecule has 16 heteroatoms. The van der Waals surface area contributed by atoms with E-state index in [0.29, 0.717) is 18.9 Å². The third-order valence-corrected chi connectivity index (χ3v) is 7.54. The fourth-order valence-electron chi connectivity index (χ4n) is 4.18. The monoisotopic (exact) mass is 587 g/mol. The van der Waals surface area contributed by atoms with Gasteiger partial charge in [-0.2, -0.15) is 26.3 Å². The number of alkyl halides is 6. The first-order chi connectivity index (χ1) is 18.3. The molecule has 0 spiro atoms. The van der Waals surface area contributed by atoms with Crippen LogP contribution in [0.25, 0.3) is 31.7 Å². The second-order valence-electron chi connectivity index (χ2n) is 8.82. The summed E-state index contributed by atoms with van der Waals surface area (Å²) in [5.41, 5.74) is -2.04. The van der Waals surface area contributed by atoms with Crippen LogP contribution in [0.5, 0.6) is 5.75 Å². The Balaban J connectivity index is 1.63. The first kappa shape index (κ1) is 25.6. The van der Waals surface area contributed by atoms with Crippen LogP contribution in [0.4, 0.5) is 26.3 Å². The molecule has 0 radical (unpaired) electrons. The molecule has 4 aromatic heterocycles. The summed E-state index contributed by atoms with van der Waals surface area (Å²) in [5.74, 6) is -2.54. The normalized spacial score (nSPS) is 14.5. The zero-order valence-corrected chi connectivity index (χ0v) is 20.6. The lowest BCUT2D eigenvalue weighted by molar-refractivity contribution is -0.145. The summed E-state index contributed by atoms with van der Waals surface area (Å²) in [6.45, 7) is -0.581. The lowest BCUT2D eigenvalue weighted by Gasteiger charge is -2.15. The Labute approximate surface area is 221 Å². The molecule has 5 aromatic rings. The number of halogens is 7. The number of benzene rings is 1. The molecule has 1 fully saturated rings. The van der Waals surface area contributed by atoms with E-state index in [0.717, 1.165) is 22.1 Å². The van der Waals surface area contributed by atoms with Gasteiger partial charge in [0.1, 0.15) is 10.7 Å². The highest BCUT2D eigenvalue weighted by Crippen LogP contribution is 2.45. The molecule has 202 valence electrons. The number of hydrogen-bond acceptors (Lipinski definition) is 8. The van der Waals surface area contributed by atoms with Crippen molar-refractivity contribution in [1.29, 1.82) is 0 Å². The Morgan fingerprint density at radius 3 is 2.51 bits per heavy atom. The van der Waals surface area contributed by atoms with Crippen molar-refractivity contribution < 1.29 is 36.0 Å². The Bertz CT molecular complexity index is 1840. The van der Waals surface area contributed by atoms with Gasteiger partial charge >= 0.3 is 12.4 Å². The summed E-state index contributed by atoms with van der Waals surface area (Å²) in [5, 5.41) is 13.8. The van der Waals surface area contributed by atoms with Gasteiger partial charge in [0.25, 0.3) is 5.56 Å². The molecule has 1 aliphatic carbocycles. The highest BCUT2D eigenvalue weighted by atomic mass is 35.5. The summed E-state index contributed by atoms with van der Waals surface area (Å²) in [7, 11) is 0. The maximum absolute atomic E-state index is 13.8. The van der Waals surface area contributed by atoms with E-state index in [1.165, 1.54) is 12.1 Å². The molecule has 8 nitrogen and oxygen atoms in total. The first-order valence-corrected chi connectivity index (χ1v) is 12.3. The fourth-order valence-corrected chi connectivity index (χ4v) is 5.51. The van der Waals surface area contributed by atoms with Crippen LogP contribution in [0.3, 0.4) is 0 Å². The fraction of sp³-hybridized carbons (Fsp3) is 0.261. The van der Waals surface area contributed by atoms with Crippen LogP contribution in [0.15, 0.2) is 33.7 Å². The maximum Gasteiger partial charge on any atom is 0.451 e. The summed E-state index contributed by atoms with van der Waals surface area (Å²) in [6.07, 6.45) is -7.65. The molecule has 1 N–H and O–H groups in total. The van der Waals surface area contributed by atoms with Gasteiger partial charge in [0, 0.05) is 23.6 Å². The van der Waals surface area contributed by atoms with E-state index in [4.69, 9.17) is 16.1 Å². The standard InChI is InChI=1S/C23H12ClF6N5O3S/c24-12-4-3-10-14-19(39-17(10)16(12)36)33-18(11-6-31-21(23(28,29)30)32-15(11)8-1-2-8)35(20(14)37)7-9-5-13(34-38-9)22(25,26)27/h3-6,8,36H,1-2,7H2. The SMILES string of the molecule is O=c1c2c(nc(-c3cnc(C(F)(F)F)nc3C3CC3)n1Cc1cc(C(F)(F)F)no1)sc1c(O)c(Cl)ccc12. The van der Waals surface area contributed by atoms with E-state index in [1.54, 1.807) is 0 Å². The van der Waals surface area contributed by atoms with Gasteiger partial charge in [0.15, 0.2) is 17.2 Å². The Morgan fingerprint density at radius 1 is 1.13 bits per heavy atom. The average molecular weight is 588 g/mol. The number of phenols is 1. The highest BCUT2D eigenvalue weighted by Gasteiger charge is 2.39. The summed E-state index contributed by atoms with van der Waals surface area (Å²) >= 11 is 6.93. The van der Waals surface area contributed by atoms with Crippen molar-refractivity contribution in [2.24, 2.45) is 0 Å². The minimum Gasteiger partial charge on any atom is -0.505 e. The van der Waals surface area contributed by atoms with E-state index in [2.05, 4.69) is 20.1 Å². The predicted octanol–water partition coefficient (Wildman–Crippen LogP) is 6.38. The minimum atomic E-state index is -4.82. The van der Waals surface area contributed by atoms with Crippen molar-refractivity contribution >= 4 is 43.2 Å². The number of hydrogen-bond donors (Lipinski definition) is 1. The molecule has 39 heavy (non-hydrogen) atoms. The van der Waals surface area contributed by atoms with Crippen LogP contribution in [-0.4, -0.2) is 29.8 Å². The molecule has 1 aromatic carbocycles. The number of aromatic nitrogens is 5. The molecular formula is C23H12ClF6N5O3S. The lowest BCUT2D eigenvalue weighted by Crippen LogP contribution is -2.24. The van der Waals surface area contributed by atoms with Crippen LogP contribution in [-0.2, 0) is 18.9 Å². The molecule has 0 saturated heterocycles. The number of aromatic hydroxyl groups is 1. The number of phenolic OH excluding ortho intramolecular Hbond substituents is 1. The van der Waals surface area contributed by atoms with Crippen LogP contribution >= 0.6 is 22.9 Å². The van der Waals surface area contributed by atoms with E-state index in [1.807, 2.05) is 0 Å². The lowest BCUT2D eigenvalue weighted by atomic mass is 10.1. The smallest absolute Gasteiger partial charge is 0.451 e. The Hall–Kier alpha value is -3.72. The molecule has 1 aliphatic rings. The summed E-state index contributed by atoms with van der Waals surface area (Å²) < 4.78 is 85.5. The minimum absolute atomic E-state index is 0.0119. The van der Waals surface area contributed by atoms with Crippen LogP contribution < -0.4 is 5.56 Å². The Morgan fingerprint density at radius 2 is 1.87 bits per heavy atom. The van der Waals surface area contributed by atoms with Gasteiger partial charge in [-0.05, 0) is 18.9 Å². The average Bonchev–Trinajstić information content (AvgIpc) is 3.47. The van der Waals surface area contributed by atoms with Gasteiger partial charge < -0.3 is 9.63 Å². The molecule has 6 rings (SSSR count). The van der Waals surface area contributed by atoms with Gasteiger partial charge in [-0.15, -0.1) is 11.3 Å². The van der Waals surface area contributed by atoms with E-state index < -0.39 is 36.0 Å². The summed E-state index contributed by atoms with van der Waals surface area (Å²) in [4.78, 5) is 25.6. The third kappa shape index (κ3) is 4.38. The summed E-state index contributed by atoms with van der Waals surface area (Å²) in [6, 6.07) is 3.46. The van der Waals surface area contributed by atoms with Crippen molar-refractivity contribution in [3.8, 4) is 17.1 Å². The topological polar surface area (TPSA) is 107 Å². The van der Waals surface area contributed by atoms with Crippen molar-refractivity contribution in [3.63, 3.8) is 0 Å². The van der Waals surface area contributed by atoms with Gasteiger partial charge in [0.2, 0.25) is 5.82 Å². The van der Waals surface area contributed by atoms with E-state index in [-0.39, 0.29) is 59.8 Å². The molecule has 0 atom stereocenters. The van der Waals surface area contributed by atoms with Crippen LogP contribution in [0, 0.1) is 0 Å². The molecular weight excluding hydrogens is 576 g/mol.